The molecular weight excluding hydrogens is 234 g/mol. The maximum Gasteiger partial charge on any atom is 0.281 e. The van der Waals surface area contributed by atoms with E-state index in [1.807, 2.05) is 0 Å². The Morgan fingerprint density at radius 3 is 2.81 bits per heavy atom. The van der Waals surface area contributed by atoms with Crippen LogP contribution in [0.3, 0.4) is 0 Å². The second-order valence-corrected chi connectivity index (χ2v) is 3.40. The summed E-state index contributed by atoms with van der Waals surface area (Å²) in [5, 5.41) is 17.2. The normalized spacial score (nSPS) is 10.3. The first-order valence-electron chi connectivity index (χ1n) is 4.20. The molecule has 82 valence electrons. The molecule has 0 saturated carbocycles. The van der Waals surface area contributed by atoms with E-state index >= 15 is 0 Å². The van der Waals surface area contributed by atoms with Crippen LogP contribution in [0.15, 0.2) is 18.2 Å². The van der Waals surface area contributed by atoms with E-state index in [-0.39, 0.29) is 22.5 Å². The van der Waals surface area contributed by atoms with E-state index in [1.165, 1.54) is 18.2 Å². The highest BCUT2D eigenvalue weighted by Gasteiger charge is 2.18. The van der Waals surface area contributed by atoms with Crippen molar-refractivity contribution in [1.29, 1.82) is 0 Å². The zero-order valence-corrected chi connectivity index (χ0v) is 8.60. The van der Waals surface area contributed by atoms with Crippen molar-refractivity contribution in [3.63, 3.8) is 0 Å². The highest BCUT2D eigenvalue weighted by Crippen LogP contribution is 2.30. The van der Waals surface area contributed by atoms with Gasteiger partial charge in [-0.15, -0.1) is 5.10 Å². The van der Waals surface area contributed by atoms with Gasteiger partial charge in [0.2, 0.25) is 5.95 Å². The Morgan fingerprint density at radius 1 is 1.50 bits per heavy atom. The van der Waals surface area contributed by atoms with Crippen LogP contribution in [0.1, 0.15) is 0 Å². The molecule has 0 radical (unpaired) electrons. The Labute approximate surface area is 94.4 Å². The van der Waals surface area contributed by atoms with E-state index in [4.69, 9.17) is 17.3 Å². The average molecular weight is 240 g/mol. The van der Waals surface area contributed by atoms with E-state index in [0.29, 0.717) is 5.56 Å². The van der Waals surface area contributed by atoms with Gasteiger partial charge in [-0.3, -0.25) is 15.2 Å². The van der Waals surface area contributed by atoms with Crippen LogP contribution in [0.2, 0.25) is 5.02 Å². The molecule has 0 fully saturated rings. The highest BCUT2D eigenvalue weighted by molar-refractivity contribution is 6.30. The minimum absolute atomic E-state index is 0.0271. The SMILES string of the molecule is Nc1n[nH]c(-c2ccc(Cl)cc2[N+](=O)[O-])n1. The first-order valence-corrected chi connectivity index (χ1v) is 4.58. The van der Waals surface area contributed by atoms with Crippen molar-refractivity contribution in [3.8, 4) is 11.4 Å². The Bertz CT molecular complexity index is 553. The molecule has 1 aromatic carbocycles. The molecule has 7 nitrogen and oxygen atoms in total. The van der Waals surface area contributed by atoms with Crippen molar-refractivity contribution >= 4 is 23.2 Å². The molecule has 0 amide bonds. The molecule has 0 bridgehead atoms. The zero-order chi connectivity index (χ0) is 11.7. The van der Waals surface area contributed by atoms with Crippen LogP contribution in [-0.2, 0) is 0 Å². The van der Waals surface area contributed by atoms with Gasteiger partial charge in [0.15, 0.2) is 5.82 Å². The van der Waals surface area contributed by atoms with E-state index < -0.39 is 4.92 Å². The van der Waals surface area contributed by atoms with Crippen molar-refractivity contribution in [2.45, 2.75) is 0 Å². The number of hydrogen-bond acceptors (Lipinski definition) is 5. The Hall–Kier alpha value is -2.15. The third kappa shape index (κ3) is 1.80. The van der Waals surface area contributed by atoms with Gasteiger partial charge in [0.25, 0.3) is 5.69 Å². The number of nitro benzene ring substituents is 1. The minimum atomic E-state index is -0.542. The molecule has 3 N–H and O–H groups in total. The number of nitro groups is 1. The molecule has 0 spiro atoms. The quantitative estimate of drug-likeness (QED) is 0.611. The van der Waals surface area contributed by atoms with Crippen LogP contribution in [0.4, 0.5) is 11.6 Å². The van der Waals surface area contributed by atoms with Gasteiger partial charge in [0.1, 0.15) is 0 Å². The summed E-state index contributed by atoms with van der Waals surface area (Å²) < 4.78 is 0. The lowest BCUT2D eigenvalue weighted by molar-refractivity contribution is -0.384. The van der Waals surface area contributed by atoms with Crippen LogP contribution >= 0.6 is 11.6 Å². The molecule has 1 aromatic heterocycles. The lowest BCUT2D eigenvalue weighted by Gasteiger charge is -1.99. The topological polar surface area (TPSA) is 111 Å². The number of hydrogen-bond donors (Lipinski definition) is 2. The van der Waals surface area contributed by atoms with E-state index in [0.717, 1.165) is 0 Å². The summed E-state index contributed by atoms with van der Waals surface area (Å²) >= 11 is 5.68. The number of nitrogens with zero attached hydrogens (tertiary/aromatic N) is 3. The van der Waals surface area contributed by atoms with Gasteiger partial charge in [0, 0.05) is 11.1 Å². The molecule has 16 heavy (non-hydrogen) atoms. The molecule has 1 heterocycles. The van der Waals surface area contributed by atoms with Crippen molar-refractivity contribution in [3.05, 3.63) is 33.3 Å². The van der Waals surface area contributed by atoms with Crippen molar-refractivity contribution < 1.29 is 4.92 Å². The number of halogens is 1. The van der Waals surface area contributed by atoms with Gasteiger partial charge in [-0.25, -0.2) is 0 Å². The number of anilines is 1. The fourth-order valence-electron chi connectivity index (χ4n) is 1.25. The van der Waals surface area contributed by atoms with Gasteiger partial charge >= 0.3 is 0 Å². The third-order valence-electron chi connectivity index (χ3n) is 1.91. The molecule has 0 aliphatic heterocycles. The van der Waals surface area contributed by atoms with E-state index in [1.54, 1.807) is 0 Å². The van der Waals surface area contributed by atoms with Gasteiger partial charge in [0.05, 0.1) is 10.5 Å². The largest absolute Gasteiger partial charge is 0.366 e. The highest BCUT2D eigenvalue weighted by atomic mass is 35.5. The van der Waals surface area contributed by atoms with Gasteiger partial charge in [-0.05, 0) is 12.1 Å². The summed E-state index contributed by atoms with van der Waals surface area (Å²) in [5.41, 5.74) is 5.46. The van der Waals surface area contributed by atoms with Gasteiger partial charge < -0.3 is 5.73 Å². The standard InChI is InChI=1S/C8H6ClN5O2/c9-4-1-2-5(6(3-4)14(15)16)7-11-8(10)13-12-7/h1-3H,(H3,10,11,12,13). The maximum absolute atomic E-state index is 10.8. The van der Waals surface area contributed by atoms with Crippen LogP contribution in [0.25, 0.3) is 11.4 Å². The number of nitrogens with two attached hydrogens (primary N) is 1. The van der Waals surface area contributed by atoms with E-state index in [9.17, 15) is 10.1 Å². The fraction of sp³-hybridized carbons (Fsp3) is 0. The molecule has 0 unspecified atom stereocenters. The Balaban J connectivity index is 2.60. The lowest BCUT2D eigenvalue weighted by Crippen LogP contribution is -1.93. The lowest BCUT2D eigenvalue weighted by atomic mass is 10.2. The van der Waals surface area contributed by atoms with E-state index in [2.05, 4.69) is 15.2 Å². The van der Waals surface area contributed by atoms with Crippen LogP contribution in [0.5, 0.6) is 0 Å². The molecule has 0 saturated heterocycles. The summed E-state index contributed by atoms with van der Waals surface area (Å²) in [6.07, 6.45) is 0. The molecule has 8 heteroatoms. The molecular formula is C8H6ClN5O2. The van der Waals surface area contributed by atoms with Crippen molar-refractivity contribution in [2.24, 2.45) is 0 Å². The fourth-order valence-corrected chi connectivity index (χ4v) is 1.42. The predicted octanol–water partition coefficient (Wildman–Crippen LogP) is 1.62. The van der Waals surface area contributed by atoms with Crippen LogP contribution in [0, 0.1) is 10.1 Å². The number of nitrogen functional groups attached to an aromatic ring is 1. The van der Waals surface area contributed by atoms with Crippen molar-refractivity contribution in [2.75, 3.05) is 5.73 Å². The Morgan fingerprint density at radius 2 is 2.25 bits per heavy atom. The number of nitrogens with one attached hydrogen (secondary N) is 1. The summed E-state index contributed by atoms with van der Waals surface area (Å²) in [6, 6.07) is 4.26. The average Bonchev–Trinajstić information content (AvgIpc) is 2.64. The smallest absolute Gasteiger partial charge is 0.281 e. The molecule has 0 aliphatic rings. The zero-order valence-electron chi connectivity index (χ0n) is 7.85. The maximum atomic E-state index is 10.8. The number of aromatic nitrogens is 3. The summed E-state index contributed by atoms with van der Waals surface area (Å²) in [6.45, 7) is 0. The summed E-state index contributed by atoms with van der Waals surface area (Å²) in [4.78, 5) is 14.1. The number of rotatable bonds is 2. The minimum Gasteiger partial charge on any atom is -0.366 e. The number of aromatic amines is 1. The molecule has 0 aliphatic carbocycles. The first kappa shape index (κ1) is 10.4. The summed E-state index contributed by atoms with van der Waals surface area (Å²) in [5.74, 6) is 0.264. The second kappa shape index (κ2) is 3.78. The van der Waals surface area contributed by atoms with Gasteiger partial charge in [-0.2, -0.15) is 4.98 Å². The first-order chi connectivity index (χ1) is 7.58. The predicted molar refractivity (Wildman–Crippen MR) is 57.9 cm³/mol. The molecule has 2 aromatic rings. The van der Waals surface area contributed by atoms with Crippen LogP contribution in [-0.4, -0.2) is 20.1 Å². The van der Waals surface area contributed by atoms with Crippen LogP contribution < -0.4 is 5.73 Å². The van der Waals surface area contributed by atoms with Crippen molar-refractivity contribution in [1.82, 2.24) is 15.2 Å². The number of benzene rings is 1. The molecule has 0 atom stereocenters. The summed E-state index contributed by atoms with van der Waals surface area (Å²) in [7, 11) is 0. The molecule has 2 rings (SSSR count). The monoisotopic (exact) mass is 239 g/mol. The number of H-pyrrole nitrogens is 1. The Kier molecular flexibility index (Phi) is 2.45. The second-order valence-electron chi connectivity index (χ2n) is 2.96. The third-order valence-corrected chi connectivity index (χ3v) is 2.15. The van der Waals surface area contributed by atoms with Gasteiger partial charge in [-0.1, -0.05) is 11.6 Å².